The van der Waals surface area contributed by atoms with Crippen molar-refractivity contribution in [3.8, 4) is 11.5 Å². The summed E-state index contributed by atoms with van der Waals surface area (Å²) in [6.07, 6.45) is -0.370. The molecule has 9 heteroatoms. The second kappa shape index (κ2) is 13.4. The largest absolute Gasteiger partial charge is 0.493 e. The molecule has 0 fully saturated rings. The Morgan fingerprint density at radius 2 is 1.55 bits per heavy atom. The van der Waals surface area contributed by atoms with Crippen LogP contribution < -0.4 is 25.2 Å². The van der Waals surface area contributed by atoms with Crippen LogP contribution in [0.1, 0.15) is 28.8 Å². The fraction of sp³-hybridized carbons (Fsp3) is 0.161. The van der Waals surface area contributed by atoms with Crippen molar-refractivity contribution in [3.05, 3.63) is 126 Å². The lowest BCUT2D eigenvalue weighted by molar-refractivity contribution is 0.219. The number of halogens is 1. The second-order valence-electron chi connectivity index (χ2n) is 9.05. The summed E-state index contributed by atoms with van der Waals surface area (Å²) in [5.74, 6) is 1.28. The average molecular weight is 578 g/mol. The van der Waals surface area contributed by atoms with Crippen LogP contribution in [0.3, 0.4) is 0 Å². The van der Waals surface area contributed by atoms with Crippen LogP contribution in [-0.4, -0.2) is 28.0 Å². The number of nitrogens with two attached hydrogens (primary N) is 1. The fourth-order valence-corrected chi connectivity index (χ4v) is 5.43. The van der Waals surface area contributed by atoms with Gasteiger partial charge in [0.05, 0.1) is 23.9 Å². The Morgan fingerprint density at radius 3 is 2.15 bits per heavy atom. The number of rotatable bonds is 13. The van der Waals surface area contributed by atoms with E-state index >= 15 is 0 Å². The predicted molar refractivity (Wildman–Crippen MR) is 161 cm³/mol. The maximum absolute atomic E-state index is 13.0. The van der Waals surface area contributed by atoms with Crippen molar-refractivity contribution in [2.24, 2.45) is 5.73 Å². The first kappa shape index (κ1) is 29.0. The molecule has 2 atom stereocenters. The normalized spacial score (nSPS) is 12.8. The Labute approximate surface area is 240 Å². The number of ether oxygens (including phenoxy) is 2. The highest BCUT2D eigenvalue weighted by Crippen LogP contribution is 2.35. The van der Waals surface area contributed by atoms with Gasteiger partial charge in [-0.3, -0.25) is 0 Å². The summed E-state index contributed by atoms with van der Waals surface area (Å²) >= 11 is 6.23. The van der Waals surface area contributed by atoms with Gasteiger partial charge in [0.2, 0.25) is 10.0 Å². The molecule has 0 aromatic heterocycles. The van der Waals surface area contributed by atoms with E-state index in [9.17, 15) is 8.42 Å². The smallest absolute Gasteiger partial charge is 0.240 e. The maximum atomic E-state index is 13.0. The summed E-state index contributed by atoms with van der Waals surface area (Å²) in [5.41, 5.74) is 9.59. The van der Waals surface area contributed by atoms with Crippen LogP contribution in [-0.2, 0) is 10.0 Å². The molecule has 208 valence electrons. The zero-order valence-corrected chi connectivity index (χ0v) is 23.7. The molecular formula is C31H32ClN3O4S. The van der Waals surface area contributed by atoms with E-state index in [1.54, 1.807) is 43.5 Å². The summed E-state index contributed by atoms with van der Waals surface area (Å²) in [6.45, 7) is 3.84. The minimum Gasteiger partial charge on any atom is -0.493 e. The van der Waals surface area contributed by atoms with Gasteiger partial charge in [0.15, 0.2) is 11.5 Å². The molecule has 4 rings (SSSR count). The van der Waals surface area contributed by atoms with Crippen LogP contribution >= 0.6 is 11.6 Å². The minimum absolute atomic E-state index is 0.0697. The highest BCUT2D eigenvalue weighted by atomic mass is 35.5. The molecule has 4 aromatic rings. The number of anilines is 1. The first-order valence-electron chi connectivity index (χ1n) is 12.6. The molecule has 0 bridgehead atoms. The number of hydrogen-bond acceptors (Lipinski definition) is 6. The van der Waals surface area contributed by atoms with Crippen LogP contribution in [0, 0.1) is 0 Å². The lowest BCUT2D eigenvalue weighted by atomic mass is 10.0. The van der Waals surface area contributed by atoms with Gasteiger partial charge in [0, 0.05) is 17.9 Å². The van der Waals surface area contributed by atoms with Crippen molar-refractivity contribution in [2.75, 3.05) is 24.9 Å². The van der Waals surface area contributed by atoms with Gasteiger partial charge in [-0.15, -0.1) is 11.6 Å². The Bertz CT molecular complexity index is 1520. The van der Waals surface area contributed by atoms with Gasteiger partial charge in [0.1, 0.15) is 6.10 Å². The van der Waals surface area contributed by atoms with Gasteiger partial charge >= 0.3 is 0 Å². The summed E-state index contributed by atoms with van der Waals surface area (Å²) in [7, 11) is -2.18. The highest BCUT2D eigenvalue weighted by molar-refractivity contribution is 7.89. The third kappa shape index (κ3) is 7.35. The average Bonchev–Trinajstić information content (AvgIpc) is 2.99. The highest BCUT2D eigenvalue weighted by Gasteiger charge is 2.21. The summed E-state index contributed by atoms with van der Waals surface area (Å²) < 4.78 is 40.6. The molecule has 0 heterocycles. The lowest BCUT2D eigenvalue weighted by Crippen LogP contribution is -2.31. The van der Waals surface area contributed by atoms with Crippen molar-refractivity contribution in [1.82, 2.24) is 4.72 Å². The van der Waals surface area contributed by atoms with E-state index in [0.717, 1.165) is 22.4 Å². The first-order chi connectivity index (χ1) is 19.3. The molecule has 0 radical (unpaired) electrons. The number of methoxy groups -OCH3 is 1. The summed E-state index contributed by atoms with van der Waals surface area (Å²) in [4.78, 5) is 0.189. The molecule has 40 heavy (non-hydrogen) atoms. The fourth-order valence-electron chi connectivity index (χ4n) is 4.12. The van der Waals surface area contributed by atoms with E-state index < -0.39 is 16.1 Å². The first-order valence-corrected chi connectivity index (χ1v) is 14.6. The molecule has 0 saturated carbocycles. The van der Waals surface area contributed by atoms with Crippen LogP contribution in [0.4, 0.5) is 5.69 Å². The van der Waals surface area contributed by atoms with Crippen LogP contribution in [0.25, 0.3) is 5.70 Å². The zero-order valence-electron chi connectivity index (χ0n) is 22.1. The molecule has 7 nitrogen and oxygen atoms in total. The SMILES string of the molecule is C=C(N)c1ccc(NC(CNS(=O)(=O)c2ccccc2)c2ccc(O[C@@H](CCl)c3ccccc3)c(OC)c2)cc1. The minimum atomic E-state index is -3.74. The molecule has 0 aliphatic heterocycles. The van der Waals surface area contributed by atoms with Crippen molar-refractivity contribution in [2.45, 2.75) is 17.0 Å². The van der Waals surface area contributed by atoms with Crippen molar-refractivity contribution >= 4 is 33.0 Å². The van der Waals surface area contributed by atoms with Crippen molar-refractivity contribution in [1.29, 1.82) is 0 Å². The molecule has 1 unspecified atom stereocenters. The molecular weight excluding hydrogens is 546 g/mol. The molecule has 0 saturated heterocycles. The van der Waals surface area contributed by atoms with Gasteiger partial charge in [-0.05, 0) is 53.1 Å². The molecule has 0 amide bonds. The maximum Gasteiger partial charge on any atom is 0.240 e. The monoisotopic (exact) mass is 577 g/mol. The van der Waals surface area contributed by atoms with E-state index in [-0.39, 0.29) is 23.4 Å². The Balaban J connectivity index is 1.62. The van der Waals surface area contributed by atoms with Gasteiger partial charge in [0.25, 0.3) is 0 Å². The molecule has 4 aromatic carbocycles. The van der Waals surface area contributed by atoms with Gasteiger partial charge in [-0.25, -0.2) is 13.1 Å². The molecule has 0 spiro atoms. The third-order valence-electron chi connectivity index (χ3n) is 6.30. The van der Waals surface area contributed by atoms with Gasteiger partial charge in [-0.2, -0.15) is 0 Å². The number of nitrogens with one attached hydrogen (secondary N) is 2. The van der Waals surface area contributed by atoms with Crippen molar-refractivity contribution < 1.29 is 17.9 Å². The summed E-state index contributed by atoms with van der Waals surface area (Å²) in [6, 6.07) is 30.4. The van der Waals surface area contributed by atoms with Gasteiger partial charge in [-0.1, -0.05) is 73.3 Å². The van der Waals surface area contributed by atoms with E-state index in [4.69, 9.17) is 26.8 Å². The van der Waals surface area contributed by atoms with E-state index in [1.165, 1.54) is 0 Å². The Morgan fingerprint density at radius 1 is 0.900 bits per heavy atom. The standard InChI is InChI=1S/C31H32ClN3O4S/c1-22(33)23-13-16-26(17-14-23)35-28(21-34-40(36,37)27-11-7-4-8-12-27)25-15-18-29(30(19-25)38-2)39-31(20-32)24-9-5-3-6-10-24/h3-19,28,31,34-35H,1,20-21,33H2,2H3/t28?,31-/m0/s1. The molecule has 0 aliphatic carbocycles. The predicted octanol–water partition coefficient (Wildman–Crippen LogP) is 6.12. The number of hydrogen-bond donors (Lipinski definition) is 3. The van der Waals surface area contributed by atoms with Crippen molar-refractivity contribution in [3.63, 3.8) is 0 Å². The zero-order chi connectivity index (χ0) is 28.5. The van der Waals surface area contributed by atoms with E-state index in [1.807, 2.05) is 66.7 Å². The Kier molecular flexibility index (Phi) is 9.71. The number of benzene rings is 4. The van der Waals surface area contributed by atoms with Crippen LogP contribution in [0.5, 0.6) is 11.5 Å². The number of sulfonamides is 1. The van der Waals surface area contributed by atoms with Crippen LogP contribution in [0.2, 0.25) is 0 Å². The second-order valence-corrected chi connectivity index (χ2v) is 11.1. The lowest BCUT2D eigenvalue weighted by Gasteiger charge is -2.24. The van der Waals surface area contributed by atoms with Gasteiger partial charge < -0.3 is 20.5 Å². The van der Waals surface area contributed by atoms with E-state index in [0.29, 0.717) is 17.2 Å². The molecule has 0 aliphatic rings. The third-order valence-corrected chi connectivity index (χ3v) is 8.02. The Hall–Kier alpha value is -3.98. The van der Waals surface area contributed by atoms with Crippen LogP contribution in [0.15, 0.2) is 115 Å². The topological polar surface area (TPSA) is 103 Å². The summed E-state index contributed by atoms with van der Waals surface area (Å²) in [5, 5.41) is 3.42. The number of alkyl halides is 1. The quantitative estimate of drug-likeness (QED) is 0.166. The van der Waals surface area contributed by atoms with E-state index in [2.05, 4.69) is 16.6 Å². The molecule has 4 N–H and O–H groups in total.